The van der Waals surface area contributed by atoms with Crippen LogP contribution in [0.25, 0.3) is 54.5 Å². The number of nitrogens with zero attached hydrogens (tertiary/aromatic N) is 2. The lowest BCUT2D eigenvalue weighted by Crippen LogP contribution is -2.25. The molecule has 0 unspecified atom stereocenters. The van der Waals surface area contributed by atoms with Gasteiger partial charge in [-0.3, -0.25) is 9.97 Å². The standard InChI is InChI=1S/C32H26N2/c1-18(2)20-10-9-19-11-12-22-23-13-14-33-30-26-16-21-7-5-6-8-28(21)34-31(26)32(3,4)27(29(23)30)17-25(22)24(19)15-20/h5-18H,1-4H3. The van der Waals surface area contributed by atoms with E-state index in [1.807, 2.05) is 6.20 Å². The maximum Gasteiger partial charge on any atom is 0.0802 e. The molecule has 2 nitrogen and oxygen atoms in total. The fourth-order valence-corrected chi connectivity index (χ4v) is 5.88. The molecule has 2 heterocycles. The molecule has 0 amide bonds. The summed E-state index contributed by atoms with van der Waals surface area (Å²) in [7, 11) is 0. The second-order valence-corrected chi connectivity index (χ2v) is 10.5. The maximum atomic E-state index is 5.19. The minimum absolute atomic E-state index is 0.236. The van der Waals surface area contributed by atoms with Gasteiger partial charge in [-0.05, 0) is 68.2 Å². The van der Waals surface area contributed by atoms with Crippen molar-refractivity contribution in [1.29, 1.82) is 0 Å². The summed E-state index contributed by atoms with van der Waals surface area (Å²) in [4.78, 5) is 10.1. The summed E-state index contributed by atoms with van der Waals surface area (Å²) in [5, 5.41) is 8.93. The van der Waals surface area contributed by atoms with Gasteiger partial charge in [0.1, 0.15) is 0 Å². The molecule has 0 saturated carbocycles. The van der Waals surface area contributed by atoms with Gasteiger partial charge in [0, 0.05) is 27.9 Å². The molecule has 1 aliphatic rings. The van der Waals surface area contributed by atoms with E-state index >= 15 is 0 Å². The van der Waals surface area contributed by atoms with Gasteiger partial charge in [-0.25, -0.2) is 0 Å². The van der Waals surface area contributed by atoms with Gasteiger partial charge in [0.25, 0.3) is 0 Å². The summed E-state index contributed by atoms with van der Waals surface area (Å²) >= 11 is 0. The Hall–Kier alpha value is -3.78. The Morgan fingerprint density at radius 1 is 0.735 bits per heavy atom. The zero-order valence-corrected chi connectivity index (χ0v) is 20.0. The number of aromatic nitrogens is 2. The van der Waals surface area contributed by atoms with Crippen LogP contribution < -0.4 is 0 Å². The number of benzene rings is 4. The highest BCUT2D eigenvalue weighted by Gasteiger charge is 2.36. The van der Waals surface area contributed by atoms with Crippen molar-refractivity contribution in [3.8, 4) is 11.3 Å². The second kappa shape index (κ2) is 6.64. The van der Waals surface area contributed by atoms with Crippen LogP contribution in [0.2, 0.25) is 0 Å². The zero-order chi connectivity index (χ0) is 23.2. The van der Waals surface area contributed by atoms with Crippen molar-refractivity contribution in [2.24, 2.45) is 0 Å². The molecule has 34 heavy (non-hydrogen) atoms. The fraction of sp³-hybridized carbons (Fsp3) is 0.188. The molecule has 0 fully saturated rings. The molecule has 0 bridgehead atoms. The normalized spacial score (nSPS) is 14.4. The molecule has 2 aromatic heterocycles. The van der Waals surface area contributed by atoms with Crippen LogP contribution in [-0.2, 0) is 5.41 Å². The number of fused-ring (bicyclic) bond motifs is 7. The smallest absolute Gasteiger partial charge is 0.0802 e. The molecule has 0 aliphatic heterocycles. The number of para-hydroxylation sites is 1. The van der Waals surface area contributed by atoms with E-state index in [1.54, 1.807) is 0 Å². The summed E-state index contributed by atoms with van der Waals surface area (Å²) in [5.74, 6) is 0.495. The van der Waals surface area contributed by atoms with Gasteiger partial charge in [-0.15, -0.1) is 0 Å². The Morgan fingerprint density at radius 3 is 2.41 bits per heavy atom. The molecular formula is C32H26N2. The summed E-state index contributed by atoms with van der Waals surface area (Å²) in [6.45, 7) is 9.16. The molecule has 4 aromatic carbocycles. The Labute approximate surface area is 199 Å². The van der Waals surface area contributed by atoms with Crippen LogP contribution in [0.3, 0.4) is 0 Å². The lowest BCUT2D eigenvalue weighted by molar-refractivity contribution is 0.624. The third-order valence-corrected chi connectivity index (χ3v) is 7.80. The first kappa shape index (κ1) is 19.7. The van der Waals surface area contributed by atoms with E-state index in [0.717, 1.165) is 27.9 Å². The first-order chi connectivity index (χ1) is 16.4. The van der Waals surface area contributed by atoms with Crippen molar-refractivity contribution in [2.45, 2.75) is 39.0 Å². The summed E-state index contributed by atoms with van der Waals surface area (Å²) in [6.07, 6.45) is 1.97. The Balaban J connectivity index is 1.67. The van der Waals surface area contributed by atoms with Crippen molar-refractivity contribution in [3.05, 3.63) is 95.8 Å². The van der Waals surface area contributed by atoms with Crippen LogP contribution >= 0.6 is 0 Å². The summed E-state index contributed by atoms with van der Waals surface area (Å²) in [6, 6.07) is 26.8. The quantitative estimate of drug-likeness (QED) is 0.240. The minimum Gasteiger partial charge on any atom is -0.256 e. The molecule has 0 atom stereocenters. The van der Waals surface area contributed by atoms with Crippen LogP contribution in [-0.4, -0.2) is 9.97 Å². The molecule has 2 heteroatoms. The molecule has 164 valence electrons. The molecule has 0 N–H and O–H groups in total. The van der Waals surface area contributed by atoms with Crippen molar-refractivity contribution in [3.63, 3.8) is 0 Å². The summed E-state index contributed by atoms with van der Waals surface area (Å²) in [5.41, 5.74) is 6.82. The van der Waals surface area contributed by atoms with Gasteiger partial charge in [0.2, 0.25) is 0 Å². The van der Waals surface area contributed by atoms with Gasteiger partial charge in [0.05, 0.1) is 16.9 Å². The zero-order valence-electron chi connectivity index (χ0n) is 20.0. The largest absolute Gasteiger partial charge is 0.256 e. The fourth-order valence-electron chi connectivity index (χ4n) is 5.88. The van der Waals surface area contributed by atoms with E-state index < -0.39 is 0 Å². The van der Waals surface area contributed by atoms with Crippen LogP contribution in [0.1, 0.15) is 50.4 Å². The van der Waals surface area contributed by atoms with Crippen LogP contribution in [0, 0.1) is 0 Å². The van der Waals surface area contributed by atoms with Crippen LogP contribution in [0.4, 0.5) is 0 Å². The first-order valence-electron chi connectivity index (χ1n) is 12.1. The average molecular weight is 439 g/mol. The van der Waals surface area contributed by atoms with Gasteiger partial charge >= 0.3 is 0 Å². The van der Waals surface area contributed by atoms with Crippen molar-refractivity contribution < 1.29 is 0 Å². The molecular weight excluding hydrogens is 412 g/mol. The Bertz CT molecular complexity index is 1810. The molecule has 7 rings (SSSR count). The van der Waals surface area contributed by atoms with Crippen LogP contribution in [0.15, 0.2) is 79.0 Å². The van der Waals surface area contributed by atoms with Crippen molar-refractivity contribution >= 4 is 43.2 Å². The Kier molecular flexibility index (Phi) is 3.84. The Morgan fingerprint density at radius 2 is 1.56 bits per heavy atom. The van der Waals surface area contributed by atoms with Gasteiger partial charge in [0.15, 0.2) is 0 Å². The maximum absolute atomic E-state index is 5.19. The molecule has 0 spiro atoms. The number of hydrogen-bond acceptors (Lipinski definition) is 2. The van der Waals surface area contributed by atoms with E-state index in [1.165, 1.54) is 43.4 Å². The molecule has 0 radical (unpaired) electrons. The SMILES string of the molecule is CC(C)c1ccc2ccc3c4ccnc5c4c(cc3c2c1)C(C)(C)c1nc2ccccc2cc1-5. The third-order valence-electron chi connectivity index (χ3n) is 7.80. The van der Waals surface area contributed by atoms with E-state index in [4.69, 9.17) is 9.97 Å². The predicted octanol–water partition coefficient (Wildman–Crippen LogP) is 8.52. The number of pyridine rings is 2. The lowest BCUT2D eigenvalue weighted by Gasteiger charge is -2.34. The number of hydrogen-bond donors (Lipinski definition) is 0. The van der Waals surface area contributed by atoms with Crippen molar-refractivity contribution in [1.82, 2.24) is 9.97 Å². The van der Waals surface area contributed by atoms with Gasteiger partial charge in [-0.1, -0.05) is 76.2 Å². The third kappa shape index (κ3) is 2.51. The summed E-state index contributed by atoms with van der Waals surface area (Å²) < 4.78 is 0. The van der Waals surface area contributed by atoms with Crippen molar-refractivity contribution in [2.75, 3.05) is 0 Å². The molecule has 1 aliphatic carbocycles. The minimum atomic E-state index is -0.236. The van der Waals surface area contributed by atoms with E-state index in [2.05, 4.69) is 100 Å². The highest BCUT2D eigenvalue weighted by Crippen LogP contribution is 2.50. The van der Waals surface area contributed by atoms with Crippen LogP contribution in [0.5, 0.6) is 0 Å². The monoisotopic (exact) mass is 438 g/mol. The first-order valence-corrected chi connectivity index (χ1v) is 12.1. The lowest BCUT2D eigenvalue weighted by atomic mass is 9.71. The molecule has 6 aromatic rings. The van der Waals surface area contributed by atoms with Gasteiger partial charge in [-0.2, -0.15) is 0 Å². The average Bonchev–Trinajstić information content (AvgIpc) is 2.85. The van der Waals surface area contributed by atoms with E-state index in [0.29, 0.717) is 5.92 Å². The van der Waals surface area contributed by atoms with Gasteiger partial charge < -0.3 is 0 Å². The topological polar surface area (TPSA) is 25.8 Å². The van der Waals surface area contributed by atoms with E-state index in [9.17, 15) is 0 Å². The predicted molar refractivity (Wildman–Crippen MR) is 144 cm³/mol. The number of rotatable bonds is 1. The second-order valence-electron chi connectivity index (χ2n) is 10.5. The highest BCUT2D eigenvalue weighted by atomic mass is 14.8. The highest BCUT2D eigenvalue weighted by molar-refractivity contribution is 6.21. The molecule has 0 saturated heterocycles. The van der Waals surface area contributed by atoms with E-state index in [-0.39, 0.29) is 5.41 Å².